The van der Waals surface area contributed by atoms with E-state index in [2.05, 4.69) is 0 Å². The van der Waals surface area contributed by atoms with Crippen molar-refractivity contribution in [2.75, 3.05) is 6.61 Å². The topological polar surface area (TPSA) is 35.5 Å². The Balaban J connectivity index is 1.82. The first-order valence-electron chi connectivity index (χ1n) is 6.00. The molecule has 0 aromatic rings. The summed E-state index contributed by atoms with van der Waals surface area (Å²) in [6.07, 6.45) is 3.85. The molecule has 0 aromatic carbocycles. The van der Waals surface area contributed by atoms with Crippen LogP contribution >= 0.6 is 0 Å². The third-order valence-electron chi connectivity index (χ3n) is 3.34. The molecule has 2 fully saturated rings. The normalized spacial score (nSPS) is 39.6. The van der Waals surface area contributed by atoms with Gasteiger partial charge >= 0.3 is 5.97 Å². The molecule has 1 heterocycles. The van der Waals surface area contributed by atoms with Crippen molar-refractivity contribution in [1.29, 1.82) is 0 Å². The molecule has 2 aliphatic rings. The first-order valence-corrected chi connectivity index (χ1v) is 6.00. The maximum Gasteiger partial charge on any atom is 0.311 e. The number of rotatable bonds is 2. The van der Waals surface area contributed by atoms with Gasteiger partial charge in [-0.1, -0.05) is 0 Å². The summed E-state index contributed by atoms with van der Waals surface area (Å²) in [5.74, 6) is -0.626. The molecule has 1 saturated carbocycles. The van der Waals surface area contributed by atoms with Gasteiger partial charge in [-0.3, -0.25) is 4.79 Å². The van der Waals surface area contributed by atoms with Crippen LogP contribution in [0, 0.1) is 31.6 Å². The minimum atomic E-state index is -0.370. The first-order chi connectivity index (χ1) is 7.66. The van der Waals surface area contributed by atoms with E-state index < -0.39 is 0 Å². The second-order valence-electron chi connectivity index (χ2n) is 4.73. The highest BCUT2D eigenvalue weighted by molar-refractivity contribution is 5.73. The molecule has 3 heteroatoms. The Hall–Kier alpha value is -0.570. The summed E-state index contributed by atoms with van der Waals surface area (Å²) in [5.41, 5.74) is 0. The van der Waals surface area contributed by atoms with E-state index in [1.807, 2.05) is 0 Å². The minimum absolute atomic E-state index is 0.0276. The maximum atomic E-state index is 11.8. The molecular formula is C13H18O3. The molecule has 1 aliphatic heterocycles. The van der Waals surface area contributed by atoms with E-state index in [0.717, 1.165) is 19.3 Å². The van der Waals surface area contributed by atoms with Crippen LogP contribution in [0.15, 0.2) is 0 Å². The lowest BCUT2D eigenvalue weighted by Gasteiger charge is -2.24. The second kappa shape index (κ2) is 5.17. The van der Waals surface area contributed by atoms with Crippen molar-refractivity contribution >= 4 is 5.97 Å². The highest BCUT2D eigenvalue weighted by atomic mass is 16.7. The smallest absolute Gasteiger partial charge is 0.311 e. The molecule has 0 aromatic heterocycles. The molecule has 4 radical (unpaired) electrons. The lowest BCUT2D eigenvalue weighted by atomic mass is 9.98. The molecule has 1 aliphatic carbocycles. The zero-order valence-electron chi connectivity index (χ0n) is 9.43. The fourth-order valence-electron chi connectivity index (χ4n) is 2.40. The quantitative estimate of drug-likeness (QED) is 0.671. The summed E-state index contributed by atoms with van der Waals surface area (Å²) >= 11 is 0. The van der Waals surface area contributed by atoms with Gasteiger partial charge in [0, 0.05) is 6.42 Å². The van der Waals surface area contributed by atoms with Crippen molar-refractivity contribution in [1.82, 2.24) is 0 Å². The predicted molar refractivity (Wildman–Crippen MR) is 58.0 cm³/mol. The Morgan fingerprint density at radius 1 is 1.25 bits per heavy atom. The molecule has 3 nitrogen and oxygen atoms in total. The van der Waals surface area contributed by atoms with Crippen LogP contribution in [-0.2, 0) is 14.3 Å². The molecule has 2 rings (SSSR count). The van der Waals surface area contributed by atoms with Crippen LogP contribution in [0.4, 0.5) is 0 Å². The lowest BCUT2D eigenvalue weighted by Crippen LogP contribution is -2.29. The molecule has 0 N–H and O–H groups in total. The Morgan fingerprint density at radius 3 is 2.62 bits per heavy atom. The van der Waals surface area contributed by atoms with Gasteiger partial charge in [0.15, 0.2) is 0 Å². The van der Waals surface area contributed by atoms with Gasteiger partial charge in [0.2, 0.25) is 6.29 Å². The Morgan fingerprint density at radius 2 is 2.06 bits per heavy atom. The highest BCUT2D eigenvalue weighted by Crippen LogP contribution is 2.36. The fraction of sp³-hybridized carbons (Fsp3) is 0.769. The van der Waals surface area contributed by atoms with Crippen molar-refractivity contribution in [2.24, 2.45) is 17.8 Å². The van der Waals surface area contributed by atoms with Crippen molar-refractivity contribution in [3.63, 3.8) is 0 Å². The number of esters is 1. The summed E-state index contributed by atoms with van der Waals surface area (Å²) in [7, 11) is 0. The zero-order chi connectivity index (χ0) is 11.5. The van der Waals surface area contributed by atoms with Gasteiger partial charge in [-0.05, 0) is 51.4 Å². The molecule has 16 heavy (non-hydrogen) atoms. The van der Waals surface area contributed by atoms with E-state index >= 15 is 0 Å². The van der Waals surface area contributed by atoms with Crippen LogP contribution in [0.5, 0.6) is 0 Å². The van der Waals surface area contributed by atoms with Gasteiger partial charge in [0.25, 0.3) is 0 Å². The largest absolute Gasteiger partial charge is 0.436 e. The van der Waals surface area contributed by atoms with Gasteiger partial charge in [0.05, 0.1) is 12.5 Å². The number of carbonyl (C=O) groups excluding carboxylic acids is 1. The van der Waals surface area contributed by atoms with E-state index in [1.165, 1.54) is 0 Å². The SMILES string of the molecule is [CH]C1CC([CH])C(C(=O)OC2CCCCO2)C1. The monoisotopic (exact) mass is 222 g/mol. The number of ether oxygens (including phenoxy) is 2. The molecule has 0 bridgehead atoms. The molecule has 4 atom stereocenters. The minimum Gasteiger partial charge on any atom is -0.436 e. The molecule has 0 amide bonds. The Labute approximate surface area is 97.5 Å². The van der Waals surface area contributed by atoms with Gasteiger partial charge in [-0.25, -0.2) is 0 Å². The van der Waals surface area contributed by atoms with Crippen molar-refractivity contribution in [2.45, 2.75) is 38.4 Å². The summed E-state index contributed by atoms with van der Waals surface area (Å²) < 4.78 is 10.7. The van der Waals surface area contributed by atoms with Crippen LogP contribution in [-0.4, -0.2) is 18.9 Å². The van der Waals surface area contributed by atoms with Crippen molar-refractivity contribution in [3.05, 3.63) is 13.8 Å². The van der Waals surface area contributed by atoms with Gasteiger partial charge < -0.3 is 9.47 Å². The zero-order valence-corrected chi connectivity index (χ0v) is 9.43. The van der Waals surface area contributed by atoms with Crippen LogP contribution < -0.4 is 0 Å². The molecule has 88 valence electrons. The van der Waals surface area contributed by atoms with E-state index in [4.69, 9.17) is 23.3 Å². The maximum absolute atomic E-state index is 11.8. The summed E-state index contributed by atoms with van der Waals surface area (Å²) in [5, 5.41) is 0. The van der Waals surface area contributed by atoms with Crippen LogP contribution in [0.1, 0.15) is 32.1 Å². The highest BCUT2D eigenvalue weighted by Gasteiger charge is 2.36. The third kappa shape index (κ3) is 2.76. The van der Waals surface area contributed by atoms with Crippen molar-refractivity contribution < 1.29 is 14.3 Å². The van der Waals surface area contributed by atoms with Crippen LogP contribution in [0.25, 0.3) is 0 Å². The summed E-state index contributed by atoms with van der Waals surface area (Å²) in [6, 6.07) is 0. The lowest BCUT2D eigenvalue weighted by molar-refractivity contribution is -0.191. The van der Waals surface area contributed by atoms with Gasteiger partial charge in [-0.15, -0.1) is 0 Å². The Kier molecular flexibility index (Phi) is 3.85. The number of hydrogen-bond donors (Lipinski definition) is 0. The number of carbonyl (C=O) groups is 1. The summed E-state index contributed by atoms with van der Waals surface area (Å²) in [6.45, 7) is 12.3. The second-order valence-corrected chi connectivity index (χ2v) is 4.73. The average molecular weight is 222 g/mol. The Bertz CT molecular complexity index is 246. The molecular weight excluding hydrogens is 204 g/mol. The molecule has 4 unspecified atom stereocenters. The van der Waals surface area contributed by atoms with Crippen molar-refractivity contribution in [3.8, 4) is 0 Å². The predicted octanol–water partition coefficient (Wildman–Crippen LogP) is 2.12. The molecule has 0 spiro atoms. The summed E-state index contributed by atoms with van der Waals surface area (Å²) in [4.78, 5) is 11.8. The first kappa shape index (κ1) is 11.9. The van der Waals surface area contributed by atoms with Gasteiger partial charge in [0.1, 0.15) is 0 Å². The van der Waals surface area contributed by atoms with E-state index in [1.54, 1.807) is 0 Å². The van der Waals surface area contributed by atoms with Crippen LogP contribution in [0.2, 0.25) is 0 Å². The van der Waals surface area contributed by atoms with E-state index in [-0.39, 0.29) is 30.0 Å². The third-order valence-corrected chi connectivity index (χ3v) is 3.34. The van der Waals surface area contributed by atoms with E-state index in [9.17, 15) is 4.79 Å². The average Bonchev–Trinajstić information content (AvgIpc) is 2.59. The van der Waals surface area contributed by atoms with Gasteiger partial charge in [-0.2, -0.15) is 0 Å². The molecule has 1 saturated heterocycles. The van der Waals surface area contributed by atoms with E-state index in [0.29, 0.717) is 19.4 Å². The van der Waals surface area contributed by atoms with Crippen LogP contribution in [0.3, 0.4) is 0 Å². The number of hydrogen-bond acceptors (Lipinski definition) is 3. The standard InChI is InChI=1S/C13H18O3/c1-9-7-10(2)11(8-9)13(14)16-12-5-3-4-6-15-12/h1-2,9-12H,3-8H2. The fourth-order valence-corrected chi connectivity index (χ4v) is 2.40.